The van der Waals surface area contributed by atoms with Crippen LogP contribution in [0.2, 0.25) is 0 Å². The first-order valence-electron chi connectivity index (χ1n) is 7.65. The summed E-state index contributed by atoms with van der Waals surface area (Å²) in [6.07, 6.45) is 0. The van der Waals surface area contributed by atoms with Gasteiger partial charge in [-0.3, -0.25) is 4.79 Å². The van der Waals surface area contributed by atoms with Crippen LogP contribution in [0.1, 0.15) is 29.8 Å². The van der Waals surface area contributed by atoms with Crippen LogP contribution in [0, 0.1) is 0 Å². The van der Waals surface area contributed by atoms with Crippen LogP contribution in [0.15, 0.2) is 53.4 Å². The average Bonchev–Trinajstić information content (AvgIpc) is 2.55. The molecule has 0 radical (unpaired) electrons. The van der Waals surface area contributed by atoms with Gasteiger partial charge < -0.3 is 9.64 Å². The minimum atomic E-state index is 0.0459. The molecule has 0 saturated heterocycles. The lowest BCUT2D eigenvalue weighted by Gasteiger charge is -2.19. The fourth-order valence-electron chi connectivity index (χ4n) is 2.28. The lowest BCUT2D eigenvalue weighted by atomic mass is 10.1. The van der Waals surface area contributed by atoms with E-state index in [1.165, 1.54) is 0 Å². The Morgan fingerprint density at radius 2 is 1.78 bits per heavy atom. The molecule has 0 unspecified atom stereocenters. The lowest BCUT2D eigenvalue weighted by molar-refractivity contribution is 0.0781. The molecule has 2 aromatic rings. The Morgan fingerprint density at radius 1 is 1.13 bits per heavy atom. The van der Waals surface area contributed by atoms with Crippen LogP contribution in [0.25, 0.3) is 0 Å². The highest BCUT2D eigenvalue weighted by Gasteiger charge is 2.16. The molecule has 0 aliphatic rings. The smallest absolute Gasteiger partial charge is 0.255 e. The van der Waals surface area contributed by atoms with Crippen molar-refractivity contribution in [3.63, 3.8) is 0 Å². The summed E-state index contributed by atoms with van der Waals surface area (Å²) in [6, 6.07) is 15.6. The fourth-order valence-corrected chi connectivity index (χ4v) is 3.23. The van der Waals surface area contributed by atoms with Crippen LogP contribution in [-0.2, 0) is 6.54 Å². The molecule has 4 heteroatoms. The number of methoxy groups -OCH3 is 1. The molecule has 0 heterocycles. The van der Waals surface area contributed by atoms with E-state index < -0.39 is 0 Å². The summed E-state index contributed by atoms with van der Waals surface area (Å²) in [5.74, 6) is 0.867. The summed E-state index contributed by atoms with van der Waals surface area (Å²) in [5.41, 5.74) is 1.85. The van der Waals surface area contributed by atoms with Gasteiger partial charge in [-0.05, 0) is 29.8 Å². The maximum Gasteiger partial charge on any atom is 0.255 e. The van der Waals surface area contributed by atoms with Crippen LogP contribution in [0.5, 0.6) is 5.75 Å². The minimum Gasteiger partial charge on any atom is -0.497 e. The Labute approximate surface area is 142 Å². The van der Waals surface area contributed by atoms with Gasteiger partial charge in [-0.1, -0.05) is 38.1 Å². The summed E-state index contributed by atoms with van der Waals surface area (Å²) >= 11 is 1.72. The van der Waals surface area contributed by atoms with E-state index in [1.807, 2.05) is 55.6 Å². The Bertz CT molecular complexity index is 653. The third-order valence-corrected chi connectivity index (χ3v) is 4.49. The van der Waals surface area contributed by atoms with Crippen molar-refractivity contribution in [2.75, 3.05) is 14.2 Å². The zero-order valence-corrected chi connectivity index (χ0v) is 14.9. The van der Waals surface area contributed by atoms with Gasteiger partial charge in [0, 0.05) is 23.7 Å². The van der Waals surface area contributed by atoms with Crippen molar-refractivity contribution in [3.8, 4) is 5.75 Å². The van der Waals surface area contributed by atoms with Gasteiger partial charge in [-0.25, -0.2) is 0 Å². The predicted molar refractivity (Wildman–Crippen MR) is 96.2 cm³/mol. The van der Waals surface area contributed by atoms with Crippen molar-refractivity contribution in [3.05, 3.63) is 59.7 Å². The fraction of sp³-hybridized carbons (Fsp3) is 0.316. The summed E-state index contributed by atoms with van der Waals surface area (Å²) < 4.78 is 5.16. The third-order valence-electron chi connectivity index (χ3n) is 3.41. The SMILES string of the molecule is COc1ccc(CN(C)C(=O)c2ccccc2SC(C)C)cc1. The van der Waals surface area contributed by atoms with E-state index in [-0.39, 0.29) is 5.91 Å². The molecule has 2 rings (SSSR count). The Morgan fingerprint density at radius 3 is 2.39 bits per heavy atom. The van der Waals surface area contributed by atoms with Crippen molar-refractivity contribution >= 4 is 17.7 Å². The molecule has 3 nitrogen and oxygen atoms in total. The molecule has 23 heavy (non-hydrogen) atoms. The van der Waals surface area contributed by atoms with E-state index in [4.69, 9.17) is 4.74 Å². The number of benzene rings is 2. The summed E-state index contributed by atoms with van der Waals surface area (Å²) in [5, 5.41) is 0.441. The largest absolute Gasteiger partial charge is 0.497 e. The Kier molecular flexibility index (Phi) is 6.11. The lowest BCUT2D eigenvalue weighted by Crippen LogP contribution is -2.26. The maximum atomic E-state index is 12.8. The van der Waals surface area contributed by atoms with Crippen LogP contribution >= 0.6 is 11.8 Å². The Hall–Kier alpha value is -1.94. The van der Waals surface area contributed by atoms with Crippen molar-refractivity contribution in [2.45, 2.75) is 30.5 Å². The average molecular weight is 329 g/mol. The molecule has 0 aromatic heterocycles. The van der Waals surface area contributed by atoms with E-state index in [2.05, 4.69) is 13.8 Å². The quantitative estimate of drug-likeness (QED) is 0.732. The number of carbonyl (C=O) groups excluding carboxylic acids is 1. The minimum absolute atomic E-state index is 0.0459. The van der Waals surface area contributed by atoms with Crippen molar-refractivity contribution in [2.24, 2.45) is 0 Å². The Balaban J connectivity index is 2.12. The normalized spacial score (nSPS) is 10.7. The van der Waals surface area contributed by atoms with Crippen LogP contribution in [0.3, 0.4) is 0 Å². The number of amides is 1. The van der Waals surface area contributed by atoms with Crippen molar-refractivity contribution in [1.82, 2.24) is 4.90 Å². The van der Waals surface area contributed by atoms with Gasteiger partial charge in [0.25, 0.3) is 5.91 Å². The summed E-state index contributed by atoms with van der Waals surface area (Å²) in [4.78, 5) is 15.6. The van der Waals surface area contributed by atoms with Crippen molar-refractivity contribution < 1.29 is 9.53 Å². The number of hydrogen-bond donors (Lipinski definition) is 0. The van der Waals surface area contributed by atoms with Gasteiger partial charge in [-0.15, -0.1) is 11.8 Å². The second-order valence-corrected chi connectivity index (χ2v) is 7.29. The first-order valence-corrected chi connectivity index (χ1v) is 8.53. The zero-order chi connectivity index (χ0) is 16.8. The molecule has 1 amide bonds. The summed E-state index contributed by atoms with van der Waals surface area (Å²) in [7, 11) is 3.48. The standard InChI is InChI=1S/C19H23NO2S/c1-14(2)23-18-8-6-5-7-17(18)19(21)20(3)13-15-9-11-16(22-4)12-10-15/h5-12,14H,13H2,1-4H3. The first-order chi connectivity index (χ1) is 11.0. The molecule has 2 aromatic carbocycles. The highest BCUT2D eigenvalue weighted by atomic mass is 32.2. The number of nitrogens with zero attached hydrogens (tertiary/aromatic N) is 1. The van der Waals surface area contributed by atoms with Gasteiger partial charge in [0.15, 0.2) is 0 Å². The number of thioether (sulfide) groups is 1. The molecule has 0 saturated carbocycles. The van der Waals surface area contributed by atoms with Gasteiger partial charge in [0.2, 0.25) is 0 Å². The molecule has 0 fully saturated rings. The predicted octanol–water partition coefficient (Wildman–Crippen LogP) is 4.47. The molecule has 0 aliphatic carbocycles. The second-order valence-electron chi connectivity index (χ2n) is 5.67. The van der Waals surface area contributed by atoms with Crippen molar-refractivity contribution in [1.29, 1.82) is 0 Å². The van der Waals surface area contributed by atoms with Crippen LogP contribution < -0.4 is 4.74 Å². The zero-order valence-electron chi connectivity index (χ0n) is 14.1. The molecule has 0 aliphatic heterocycles. The number of rotatable bonds is 6. The van der Waals surface area contributed by atoms with E-state index >= 15 is 0 Å². The van der Waals surface area contributed by atoms with Gasteiger partial charge >= 0.3 is 0 Å². The molecule has 0 bridgehead atoms. The van der Waals surface area contributed by atoms with E-state index in [1.54, 1.807) is 23.8 Å². The number of hydrogen-bond acceptors (Lipinski definition) is 3. The monoisotopic (exact) mass is 329 g/mol. The van der Waals surface area contributed by atoms with E-state index in [0.29, 0.717) is 11.8 Å². The number of carbonyl (C=O) groups is 1. The van der Waals surface area contributed by atoms with E-state index in [9.17, 15) is 4.79 Å². The maximum absolute atomic E-state index is 12.8. The molecule has 0 N–H and O–H groups in total. The van der Waals surface area contributed by atoms with E-state index in [0.717, 1.165) is 21.8 Å². The number of ether oxygens (including phenoxy) is 1. The third kappa shape index (κ3) is 4.76. The molecular formula is C19H23NO2S. The highest BCUT2D eigenvalue weighted by Crippen LogP contribution is 2.27. The van der Waals surface area contributed by atoms with Crippen LogP contribution in [-0.4, -0.2) is 30.2 Å². The molecular weight excluding hydrogens is 306 g/mol. The van der Waals surface area contributed by atoms with Gasteiger partial charge in [0.05, 0.1) is 12.7 Å². The summed E-state index contributed by atoms with van der Waals surface area (Å²) in [6.45, 7) is 4.84. The van der Waals surface area contributed by atoms with Gasteiger partial charge in [-0.2, -0.15) is 0 Å². The van der Waals surface area contributed by atoms with Crippen LogP contribution in [0.4, 0.5) is 0 Å². The molecule has 0 atom stereocenters. The molecule has 122 valence electrons. The first kappa shape index (κ1) is 17.4. The van der Waals surface area contributed by atoms with Gasteiger partial charge in [0.1, 0.15) is 5.75 Å². The topological polar surface area (TPSA) is 29.5 Å². The highest BCUT2D eigenvalue weighted by molar-refractivity contribution is 8.00. The molecule has 0 spiro atoms. The second kappa shape index (κ2) is 8.06.